The molecule has 0 bridgehead atoms. The second kappa shape index (κ2) is 9.34. The van der Waals surface area contributed by atoms with Crippen molar-refractivity contribution in [3.05, 3.63) is 56.7 Å². The van der Waals surface area contributed by atoms with Crippen molar-refractivity contribution in [2.45, 2.75) is 18.2 Å². The number of hydrogen-bond acceptors (Lipinski definition) is 3. The van der Waals surface area contributed by atoms with Crippen molar-refractivity contribution in [3.63, 3.8) is 0 Å². The molecule has 0 atom stereocenters. The first-order chi connectivity index (χ1) is 12.6. The summed E-state index contributed by atoms with van der Waals surface area (Å²) in [5.41, 5.74) is 0.283. The summed E-state index contributed by atoms with van der Waals surface area (Å²) < 4.78 is 40.2. The number of carbonyl (C=O) groups excluding carboxylic acids is 1. The minimum atomic E-state index is -4.02. The van der Waals surface area contributed by atoms with Crippen molar-refractivity contribution in [1.29, 1.82) is 0 Å². The van der Waals surface area contributed by atoms with Gasteiger partial charge >= 0.3 is 0 Å². The van der Waals surface area contributed by atoms with E-state index < -0.39 is 28.3 Å². The molecule has 146 valence electrons. The summed E-state index contributed by atoms with van der Waals surface area (Å²) in [6.07, 6.45) is 0.489. The lowest BCUT2D eigenvalue weighted by atomic mass is 10.3. The molecule has 2 aromatic carbocycles. The number of sulfonamides is 1. The first kappa shape index (κ1) is 22.1. The number of rotatable bonds is 7. The lowest BCUT2D eigenvalue weighted by molar-refractivity contribution is -0.116. The zero-order valence-electron chi connectivity index (χ0n) is 14.2. The van der Waals surface area contributed by atoms with E-state index in [1.165, 1.54) is 12.1 Å². The average Bonchev–Trinajstić information content (AvgIpc) is 2.57. The van der Waals surface area contributed by atoms with Crippen molar-refractivity contribution < 1.29 is 17.6 Å². The molecule has 0 aromatic heterocycles. The van der Waals surface area contributed by atoms with Gasteiger partial charge in [0.2, 0.25) is 15.9 Å². The van der Waals surface area contributed by atoms with Crippen LogP contribution in [0.25, 0.3) is 0 Å². The maximum absolute atomic E-state index is 13.3. The van der Waals surface area contributed by atoms with Gasteiger partial charge in [-0.05, 0) is 58.7 Å². The smallest absolute Gasteiger partial charge is 0.244 e. The molecule has 0 radical (unpaired) electrons. The third-order valence-electron chi connectivity index (χ3n) is 3.51. The molecule has 1 amide bonds. The van der Waals surface area contributed by atoms with Gasteiger partial charge in [0.25, 0.3) is 0 Å². The lowest BCUT2D eigenvalue weighted by Gasteiger charge is -2.22. The molecule has 0 saturated heterocycles. The molecule has 0 spiro atoms. The average molecular weight is 498 g/mol. The Balaban J connectivity index is 2.26. The molecule has 1 N–H and O–H groups in total. The second-order valence-electron chi connectivity index (χ2n) is 5.59. The number of nitrogens with zero attached hydrogens (tertiary/aromatic N) is 1. The van der Waals surface area contributed by atoms with Crippen molar-refractivity contribution >= 4 is 60.7 Å². The van der Waals surface area contributed by atoms with Crippen LogP contribution in [0.15, 0.2) is 45.8 Å². The third kappa shape index (κ3) is 5.65. The quantitative estimate of drug-likeness (QED) is 0.589. The van der Waals surface area contributed by atoms with Crippen LogP contribution in [0.4, 0.5) is 10.1 Å². The lowest BCUT2D eigenvalue weighted by Crippen LogP contribution is -2.38. The van der Waals surface area contributed by atoms with Gasteiger partial charge in [0.05, 0.1) is 22.2 Å². The van der Waals surface area contributed by atoms with E-state index in [0.29, 0.717) is 11.4 Å². The van der Waals surface area contributed by atoms with Crippen LogP contribution in [-0.2, 0) is 14.8 Å². The van der Waals surface area contributed by atoms with Gasteiger partial charge in [-0.2, -0.15) is 4.31 Å². The Morgan fingerprint density at radius 3 is 2.56 bits per heavy atom. The van der Waals surface area contributed by atoms with E-state index in [2.05, 4.69) is 21.2 Å². The zero-order valence-corrected chi connectivity index (χ0v) is 18.1. The first-order valence-corrected chi connectivity index (χ1v) is 10.8. The van der Waals surface area contributed by atoms with Gasteiger partial charge in [-0.3, -0.25) is 4.79 Å². The Morgan fingerprint density at radius 2 is 1.93 bits per heavy atom. The molecule has 5 nitrogen and oxygen atoms in total. The number of anilines is 1. The predicted octanol–water partition coefficient (Wildman–Crippen LogP) is 4.93. The van der Waals surface area contributed by atoms with Crippen LogP contribution in [0.1, 0.15) is 13.3 Å². The van der Waals surface area contributed by atoms with E-state index in [-0.39, 0.29) is 26.6 Å². The highest BCUT2D eigenvalue weighted by atomic mass is 79.9. The van der Waals surface area contributed by atoms with Crippen molar-refractivity contribution in [2.24, 2.45) is 0 Å². The van der Waals surface area contributed by atoms with Crippen LogP contribution in [0, 0.1) is 5.82 Å². The number of benzene rings is 2. The Labute approximate surface area is 175 Å². The summed E-state index contributed by atoms with van der Waals surface area (Å²) in [6, 6.07) is 7.83. The monoisotopic (exact) mass is 496 g/mol. The van der Waals surface area contributed by atoms with Gasteiger partial charge in [0.1, 0.15) is 5.82 Å². The summed E-state index contributed by atoms with van der Waals surface area (Å²) in [5, 5.41) is 3.21. The van der Waals surface area contributed by atoms with Gasteiger partial charge in [-0.25, -0.2) is 12.8 Å². The maximum Gasteiger partial charge on any atom is 0.244 e. The molecule has 0 heterocycles. The molecule has 0 aliphatic rings. The van der Waals surface area contributed by atoms with Crippen LogP contribution in [0.2, 0.25) is 10.0 Å². The molecule has 10 heteroatoms. The molecule has 2 aromatic rings. The topological polar surface area (TPSA) is 66.5 Å². The number of halogens is 4. The van der Waals surface area contributed by atoms with Gasteiger partial charge in [-0.1, -0.05) is 30.1 Å². The molecule has 27 heavy (non-hydrogen) atoms. The second-order valence-corrected chi connectivity index (χ2v) is 9.19. The molecule has 0 unspecified atom stereocenters. The number of hydrogen-bond donors (Lipinski definition) is 1. The number of nitrogens with one attached hydrogen (secondary N) is 1. The van der Waals surface area contributed by atoms with E-state index in [1.54, 1.807) is 13.0 Å². The highest BCUT2D eigenvalue weighted by Gasteiger charge is 2.28. The van der Waals surface area contributed by atoms with Crippen LogP contribution in [-0.4, -0.2) is 31.7 Å². The molecule has 0 aliphatic carbocycles. The highest BCUT2D eigenvalue weighted by molar-refractivity contribution is 9.10. The normalized spacial score (nSPS) is 11.6. The fraction of sp³-hybridized carbons (Fsp3) is 0.235. The Morgan fingerprint density at radius 1 is 1.22 bits per heavy atom. The Bertz CT molecular complexity index is 957. The van der Waals surface area contributed by atoms with E-state index in [0.717, 1.165) is 22.5 Å². The summed E-state index contributed by atoms with van der Waals surface area (Å²) in [5.74, 6) is -1.15. The van der Waals surface area contributed by atoms with Gasteiger partial charge in [0, 0.05) is 16.0 Å². The standard InChI is InChI=1S/C17H16BrCl2FN2O3S/c1-2-7-23(27(25,26)16-6-4-12(21)9-13(16)18)10-17(24)22-15-8-11(19)3-5-14(15)20/h3-6,8-9H,2,7,10H2,1H3,(H,22,24). The SMILES string of the molecule is CCCN(CC(=O)Nc1cc(Cl)ccc1Cl)S(=O)(=O)c1ccc(F)cc1Br. The van der Waals surface area contributed by atoms with Crippen LogP contribution in [0.5, 0.6) is 0 Å². The molecule has 0 saturated carbocycles. The van der Waals surface area contributed by atoms with Gasteiger partial charge < -0.3 is 5.32 Å². The molecular formula is C17H16BrCl2FN2O3S. The third-order valence-corrected chi connectivity index (χ3v) is 6.89. The highest BCUT2D eigenvalue weighted by Crippen LogP contribution is 2.27. The molecule has 0 fully saturated rings. The number of carbonyl (C=O) groups is 1. The predicted molar refractivity (Wildman–Crippen MR) is 108 cm³/mol. The van der Waals surface area contributed by atoms with E-state index in [1.807, 2.05) is 0 Å². The Hall–Kier alpha value is -1.19. The van der Waals surface area contributed by atoms with E-state index in [4.69, 9.17) is 23.2 Å². The summed E-state index contributed by atoms with van der Waals surface area (Å²) in [6.45, 7) is 1.47. The maximum atomic E-state index is 13.3. The molecule has 0 aliphatic heterocycles. The fourth-order valence-electron chi connectivity index (χ4n) is 2.30. The van der Waals surface area contributed by atoms with Crippen LogP contribution in [0.3, 0.4) is 0 Å². The van der Waals surface area contributed by atoms with Crippen molar-refractivity contribution in [3.8, 4) is 0 Å². The summed E-state index contributed by atoms with van der Waals surface area (Å²) in [7, 11) is -4.02. The van der Waals surface area contributed by atoms with E-state index >= 15 is 0 Å². The summed E-state index contributed by atoms with van der Waals surface area (Å²) in [4.78, 5) is 12.3. The minimum Gasteiger partial charge on any atom is -0.324 e. The fourth-order valence-corrected chi connectivity index (χ4v) is 5.14. The Kier molecular flexibility index (Phi) is 7.64. The first-order valence-electron chi connectivity index (χ1n) is 7.85. The van der Waals surface area contributed by atoms with Crippen LogP contribution < -0.4 is 5.32 Å². The van der Waals surface area contributed by atoms with E-state index in [9.17, 15) is 17.6 Å². The largest absolute Gasteiger partial charge is 0.324 e. The van der Waals surface area contributed by atoms with Crippen molar-refractivity contribution in [1.82, 2.24) is 4.31 Å². The van der Waals surface area contributed by atoms with Gasteiger partial charge in [-0.15, -0.1) is 0 Å². The van der Waals surface area contributed by atoms with Gasteiger partial charge in [0.15, 0.2) is 0 Å². The zero-order chi connectivity index (χ0) is 20.2. The summed E-state index contributed by atoms with van der Waals surface area (Å²) >= 11 is 15.0. The minimum absolute atomic E-state index is 0.0851. The molecule has 2 rings (SSSR count). The number of amides is 1. The van der Waals surface area contributed by atoms with Crippen LogP contribution >= 0.6 is 39.1 Å². The molecular weight excluding hydrogens is 482 g/mol. The van der Waals surface area contributed by atoms with Crippen molar-refractivity contribution in [2.75, 3.05) is 18.4 Å².